The van der Waals surface area contributed by atoms with Gasteiger partial charge in [-0.05, 0) is 51.2 Å². The summed E-state index contributed by atoms with van der Waals surface area (Å²) in [5, 5.41) is 18.8. The molecule has 0 bridgehead atoms. The predicted molar refractivity (Wildman–Crippen MR) is 143 cm³/mol. The summed E-state index contributed by atoms with van der Waals surface area (Å²) in [6.45, 7) is 6.45. The fourth-order valence-electron chi connectivity index (χ4n) is 5.31. The SMILES string of the molecule is COc1cc2c(nc1-c1cccc3c1CCC3)c(-c1cnn(C3CN(C(=O)OC(C)(C)C)C3)c1)nn2C(=O)O. The van der Waals surface area contributed by atoms with Gasteiger partial charge in [0.25, 0.3) is 0 Å². The van der Waals surface area contributed by atoms with Crippen molar-refractivity contribution in [1.29, 1.82) is 0 Å². The van der Waals surface area contributed by atoms with Crippen LogP contribution in [0.15, 0.2) is 36.7 Å². The second-order valence-electron chi connectivity index (χ2n) is 11.0. The third-order valence-corrected chi connectivity index (χ3v) is 7.19. The first-order valence-corrected chi connectivity index (χ1v) is 13.0. The van der Waals surface area contributed by atoms with E-state index in [4.69, 9.17) is 14.5 Å². The van der Waals surface area contributed by atoms with E-state index in [2.05, 4.69) is 16.3 Å². The smallest absolute Gasteiger partial charge is 0.432 e. The van der Waals surface area contributed by atoms with Gasteiger partial charge in [0, 0.05) is 36.5 Å². The van der Waals surface area contributed by atoms with E-state index in [1.54, 1.807) is 29.0 Å². The van der Waals surface area contributed by atoms with Crippen molar-refractivity contribution in [2.75, 3.05) is 20.2 Å². The first kappa shape index (κ1) is 24.9. The van der Waals surface area contributed by atoms with E-state index in [9.17, 15) is 14.7 Å². The van der Waals surface area contributed by atoms with E-state index >= 15 is 0 Å². The van der Waals surface area contributed by atoms with Crippen LogP contribution in [-0.2, 0) is 17.6 Å². The predicted octanol–water partition coefficient (Wildman–Crippen LogP) is 4.78. The normalized spacial score (nSPS) is 15.3. The second-order valence-corrected chi connectivity index (χ2v) is 11.0. The van der Waals surface area contributed by atoms with Crippen LogP contribution < -0.4 is 4.74 Å². The van der Waals surface area contributed by atoms with Crippen LogP contribution in [0.1, 0.15) is 44.4 Å². The van der Waals surface area contributed by atoms with Gasteiger partial charge in [0.2, 0.25) is 0 Å². The Balaban J connectivity index is 1.37. The van der Waals surface area contributed by atoms with E-state index in [0.29, 0.717) is 46.8 Å². The van der Waals surface area contributed by atoms with E-state index in [-0.39, 0.29) is 12.1 Å². The Hall–Kier alpha value is -4.41. The lowest BCUT2D eigenvalue weighted by atomic mass is 9.99. The summed E-state index contributed by atoms with van der Waals surface area (Å²) in [7, 11) is 1.56. The lowest BCUT2D eigenvalue weighted by molar-refractivity contribution is -0.000388. The number of carbonyl (C=O) groups excluding carboxylic acids is 1. The molecule has 6 rings (SSSR count). The molecule has 1 amide bonds. The Labute approximate surface area is 224 Å². The monoisotopic (exact) mass is 530 g/mol. The number of rotatable bonds is 4. The molecule has 0 unspecified atom stereocenters. The molecule has 2 aliphatic rings. The second kappa shape index (κ2) is 9.11. The number of aryl methyl sites for hydroxylation is 1. The highest BCUT2D eigenvalue weighted by molar-refractivity contribution is 5.97. The van der Waals surface area contributed by atoms with E-state index in [0.717, 1.165) is 29.5 Å². The fraction of sp³-hybridized carbons (Fsp3) is 0.393. The molecular weight excluding hydrogens is 500 g/mol. The molecule has 1 aromatic carbocycles. The van der Waals surface area contributed by atoms with Crippen molar-refractivity contribution in [3.8, 4) is 28.3 Å². The van der Waals surface area contributed by atoms with Gasteiger partial charge in [-0.3, -0.25) is 4.68 Å². The largest absolute Gasteiger partial charge is 0.494 e. The molecule has 3 aromatic heterocycles. The molecule has 1 aliphatic heterocycles. The number of aromatic nitrogens is 5. The molecule has 202 valence electrons. The number of amides is 1. The maximum absolute atomic E-state index is 12.3. The summed E-state index contributed by atoms with van der Waals surface area (Å²) in [5.41, 5.74) is 5.49. The first-order chi connectivity index (χ1) is 18.6. The quantitative estimate of drug-likeness (QED) is 0.400. The number of hydrogen-bond acceptors (Lipinski definition) is 7. The zero-order chi connectivity index (χ0) is 27.5. The average molecular weight is 531 g/mol. The average Bonchev–Trinajstić information content (AvgIpc) is 3.59. The Bertz CT molecular complexity index is 1610. The maximum atomic E-state index is 12.3. The van der Waals surface area contributed by atoms with Crippen LogP contribution in [0.25, 0.3) is 33.5 Å². The van der Waals surface area contributed by atoms with Crippen molar-refractivity contribution in [2.24, 2.45) is 0 Å². The number of benzene rings is 1. The number of hydrogen-bond donors (Lipinski definition) is 1. The summed E-state index contributed by atoms with van der Waals surface area (Å²) in [6.07, 6.45) is 4.97. The number of ether oxygens (including phenoxy) is 2. The summed E-state index contributed by atoms with van der Waals surface area (Å²) < 4.78 is 13.8. The molecule has 0 spiro atoms. The molecule has 1 saturated heterocycles. The molecule has 11 heteroatoms. The minimum atomic E-state index is -1.22. The molecule has 4 heterocycles. The van der Waals surface area contributed by atoms with E-state index in [1.165, 1.54) is 11.1 Å². The van der Waals surface area contributed by atoms with Crippen LogP contribution in [0.3, 0.4) is 0 Å². The number of carbonyl (C=O) groups is 2. The van der Waals surface area contributed by atoms with Gasteiger partial charge in [-0.2, -0.15) is 14.9 Å². The number of fused-ring (bicyclic) bond motifs is 2. The van der Waals surface area contributed by atoms with Gasteiger partial charge >= 0.3 is 12.2 Å². The lowest BCUT2D eigenvalue weighted by Crippen LogP contribution is -2.52. The van der Waals surface area contributed by atoms with E-state index in [1.807, 2.05) is 39.1 Å². The van der Waals surface area contributed by atoms with Crippen LogP contribution in [0.5, 0.6) is 5.75 Å². The van der Waals surface area contributed by atoms with Gasteiger partial charge < -0.3 is 19.5 Å². The highest BCUT2D eigenvalue weighted by Crippen LogP contribution is 2.39. The van der Waals surface area contributed by atoms with Crippen LogP contribution in [0.2, 0.25) is 0 Å². The molecule has 0 radical (unpaired) electrons. The topological polar surface area (TPSA) is 125 Å². The Morgan fingerprint density at radius 2 is 1.92 bits per heavy atom. The Morgan fingerprint density at radius 3 is 2.64 bits per heavy atom. The zero-order valence-electron chi connectivity index (χ0n) is 22.3. The standard InChI is InChI=1S/C28H30N6O5/c1-28(2,3)39-27(37)32-14-18(15-32)33-13-17(12-29-33)23-25-21(34(31-23)26(35)36)11-22(38-4)24(30-25)20-10-6-8-16-7-5-9-19(16)20/h6,8,10-13,18H,5,7,9,14-15H2,1-4H3,(H,35,36). The summed E-state index contributed by atoms with van der Waals surface area (Å²) in [5.74, 6) is 0.490. The number of likely N-dealkylation sites (tertiary alicyclic amines) is 1. The van der Waals surface area contributed by atoms with Crippen molar-refractivity contribution in [3.63, 3.8) is 0 Å². The molecule has 0 atom stereocenters. The fourth-order valence-corrected chi connectivity index (χ4v) is 5.31. The van der Waals surface area contributed by atoms with Gasteiger partial charge in [0.15, 0.2) is 0 Å². The summed E-state index contributed by atoms with van der Waals surface area (Å²) in [4.78, 5) is 31.0. The molecule has 0 saturated carbocycles. The maximum Gasteiger partial charge on any atom is 0.432 e. The third kappa shape index (κ3) is 4.37. The number of nitrogens with zero attached hydrogens (tertiary/aromatic N) is 6. The van der Waals surface area contributed by atoms with Gasteiger partial charge in [0.05, 0.1) is 19.3 Å². The minimum Gasteiger partial charge on any atom is -0.494 e. The molecule has 4 aromatic rings. The van der Waals surface area contributed by atoms with Crippen molar-refractivity contribution < 1.29 is 24.2 Å². The Kier molecular flexibility index (Phi) is 5.81. The minimum absolute atomic E-state index is 0.0189. The van der Waals surface area contributed by atoms with Crippen LogP contribution >= 0.6 is 0 Å². The third-order valence-electron chi connectivity index (χ3n) is 7.19. The Morgan fingerprint density at radius 1 is 1.13 bits per heavy atom. The summed E-state index contributed by atoms with van der Waals surface area (Å²) in [6, 6.07) is 7.87. The highest BCUT2D eigenvalue weighted by atomic mass is 16.6. The van der Waals surface area contributed by atoms with Crippen molar-refractivity contribution in [1.82, 2.24) is 29.4 Å². The molecular formula is C28H30N6O5. The van der Waals surface area contributed by atoms with Crippen LogP contribution in [-0.4, -0.2) is 72.5 Å². The van der Waals surface area contributed by atoms with Crippen molar-refractivity contribution in [2.45, 2.75) is 51.7 Å². The van der Waals surface area contributed by atoms with E-state index < -0.39 is 11.7 Å². The molecule has 1 fully saturated rings. The molecule has 11 nitrogen and oxygen atoms in total. The zero-order valence-corrected chi connectivity index (χ0v) is 22.3. The van der Waals surface area contributed by atoms with Gasteiger partial charge in [0.1, 0.15) is 33.8 Å². The van der Waals surface area contributed by atoms with Crippen molar-refractivity contribution >= 4 is 23.2 Å². The van der Waals surface area contributed by atoms with Crippen LogP contribution in [0.4, 0.5) is 9.59 Å². The molecule has 1 N–H and O–H groups in total. The molecule has 1 aliphatic carbocycles. The lowest BCUT2D eigenvalue weighted by Gasteiger charge is -2.39. The highest BCUT2D eigenvalue weighted by Gasteiger charge is 2.35. The summed E-state index contributed by atoms with van der Waals surface area (Å²) >= 11 is 0. The van der Waals surface area contributed by atoms with Crippen LogP contribution in [0, 0.1) is 0 Å². The van der Waals surface area contributed by atoms with Crippen molar-refractivity contribution in [3.05, 3.63) is 47.8 Å². The number of methoxy groups -OCH3 is 1. The molecule has 39 heavy (non-hydrogen) atoms. The van der Waals surface area contributed by atoms with Gasteiger partial charge in [-0.15, -0.1) is 0 Å². The van der Waals surface area contributed by atoms with Gasteiger partial charge in [-0.1, -0.05) is 18.2 Å². The first-order valence-electron chi connectivity index (χ1n) is 13.0. The number of pyridine rings is 1. The number of carboxylic acid groups (broad SMARTS) is 1. The van der Waals surface area contributed by atoms with Gasteiger partial charge in [-0.25, -0.2) is 14.6 Å².